The fraction of sp³-hybridized carbons (Fsp3) is 0.800. The highest BCUT2D eigenvalue weighted by Gasteiger charge is 2.65. The molecular formula is C15H20O5. The third-order valence-electron chi connectivity index (χ3n) is 5.35. The summed E-state index contributed by atoms with van der Waals surface area (Å²) < 4.78 is 10.6. The molecule has 1 aliphatic heterocycles. The maximum atomic E-state index is 12.1. The molecule has 2 aliphatic carbocycles. The van der Waals surface area contributed by atoms with E-state index in [4.69, 9.17) is 9.47 Å². The summed E-state index contributed by atoms with van der Waals surface area (Å²) in [7, 11) is 0. The van der Waals surface area contributed by atoms with Crippen molar-refractivity contribution in [3.8, 4) is 0 Å². The molecule has 5 unspecified atom stereocenters. The summed E-state index contributed by atoms with van der Waals surface area (Å²) in [5.41, 5.74) is -0.708. The summed E-state index contributed by atoms with van der Waals surface area (Å²) in [6.07, 6.45) is 2.90. The molecule has 0 aromatic heterocycles. The summed E-state index contributed by atoms with van der Waals surface area (Å²) >= 11 is 0. The van der Waals surface area contributed by atoms with Crippen molar-refractivity contribution in [2.24, 2.45) is 23.2 Å². The summed E-state index contributed by atoms with van der Waals surface area (Å²) in [6, 6.07) is 0. The van der Waals surface area contributed by atoms with Crippen LogP contribution in [0.25, 0.3) is 0 Å². The van der Waals surface area contributed by atoms with Crippen LogP contribution in [0.4, 0.5) is 0 Å². The number of fused-ring (bicyclic) bond motifs is 3. The van der Waals surface area contributed by atoms with Crippen molar-refractivity contribution in [2.45, 2.75) is 45.6 Å². The summed E-state index contributed by atoms with van der Waals surface area (Å²) in [5, 5.41) is 0. The maximum absolute atomic E-state index is 12.1. The maximum Gasteiger partial charge on any atom is 0.375 e. The highest BCUT2D eigenvalue weighted by Crippen LogP contribution is 2.59. The van der Waals surface area contributed by atoms with Gasteiger partial charge in [0.05, 0.1) is 11.3 Å². The molecule has 1 saturated heterocycles. The fourth-order valence-corrected chi connectivity index (χ4v) is 4.03. The Labute approximate surface area is 118 Å². The Bertz CT molecular complexity index is 471. The van der Waals surface area contributed by atoms with Crippen LogP contribution in [-0.2, 0) is 23.9 Å². The van der Waals surface area contributed by atoms with Gasteiger partial charge >= 0.3 is 11.9 Å². The Morgan fingerprint density at radius 2 is 2.20 bits per heavy atom. The first-order valence-electron chi connectivity index (χ1n) is 7.40. The Balaban J connectivity index is 1.76. The number of hydrogen-bond donors (Lipinski definition) is 0. The van der Waals surface area contributed by atoms with E-state index < -0.39 is 17.2 Å². The van der Waals surface area contributed by atoms with Crippen molar-refractivity contribution < 1.29 is 23.9 Å². The minimum Gasteiger partial charge on any atom is -0.462 e. The van der Waals surface area contributed by atoms with Gasteiger partial charge < -0.3 is 9.47 Å². The lowest BCUT2D eigenvalue weighted by molar-refractivity contribution is -0.161. The molecule has 3 fully saturated rings. The molecule has 1 heterocycles. The number of Topliss-reactive ketones (excluding diaryl/α,β-unsaturated/α-hetero) is 1. The molecule has 1 spiro atoms. The first-order chi connectivity index (χ1) is 9.48. The summed E-state index contributed by atoms with van der Waals surface area (Å²) in [4.78, 5) is 35.5. The summed E-state index contributed by atoms with van der Waals surface area (Å²) in [5.74, 6) is -1.12. The van der Waals surface area contributed by atoms with Crippen molar-refractivity contribution in [3.63, 3.8) is 0 Å². The van der Waals surface area contributed by atoms with Gasteiger partial charge in [-0.2, -0.15) is 0 Å². The largest absolute Gasteiger partial charge is 0.462 e. The molecule has 0 amide bonds. The van der Waals surface area contributed by atoms with E-state index in [0.29, 0.717) is 12.3 Å². The fourth-order valence-electron chi connectivity index (χ4n) is 4.03. The summed E-state index contributed by atoms with van der Waals surface area (Å²) in [6.45, 7) is 3.96. The Morgan fingerprint density at radius 1 is 1.45 bits per heavy atom. The third kappa shape index (κ3) is 1.79. The van der Waals surface area contributed by atoms with Gasteiger partial charge in [0.2, 0.25) is 5.78 Å². The van der Waals surface area contributed by atoms with Crippen molar-refractivity contribution >= 4 is 17.7 Å². The normalized spacial score (nSPS) is 40.2. The van der Waals surface area contributed by atoms with Crippen molar-refractivity contribution in [1.82, 2.24) is 0 Å². The van der Waals surface area contributed by atoms with E-state index in [9.17, 15) is 14.4 Å². The average molecular weight is 280 g/mol. The number of esters is 2. The van der Waals surface area contributed by atoms with Crippen LogP contribution in [-0.4, -0.2) is 30.4 Å². The lowest BCUT2D eigenvalue weighted by Gasteiger charge is -2.34. The van der Waals surface area contributed by atoms with E-state index >= 15 is 0 Å². The van der Waals surface area contributed by atoms with Crippen LogP contribution in [0, 0.1) is 23.2 Å². The van der Waals surface area contributed by atoms with Crippen LogP contribution in [0.5, 0.6) is 0 Å². The molecule has 2 saturated carbocycles. The molecule has 3 aliphatic rings. The van der Waals surface area contributed by atoms with Crippen LogP contribution in [0.2, 0.25) is 0 Å². The predicted octanol–water partition coefficient (Wildman–Crippen LogP) is 1.49. The van der Waals surface area contributed by atoms with Crippen molar-refractivity contribution in [3.05, 3.63) is 0 Å². The minimum absolute atomic E-state index is 0.0422. The van der Waals surface area contributed by atoms with E-state index in [1.807, 2.05) is 13.8 Å². The molecule has 0 aromatic rings. The van der Waals surface area contributed by atoms with Crippen LogP contribution < -0.4 is 0 Å². The van der Waals surface area contributed by atoms with Gasteiger partial charge in [-0.25, -0.2) is 4.79 Å². The van der Waals surface area contributed by atoms with E-state index in [0.717, 1.165) is 19.3 Å². The smallest absolute Gasteiger partial charge is 0.375 e. The van der Waals surface area contributed by atoms with Gasteiger partial charge in [-0.15, -0.1) is 0 Å². The number of cyclic esters (lactones) is 1. The SMILES string of the molecule is CCC(C)C(=O)OC1CC2CC1C1(COC(=O)C1=O)C2. The zero-order valence-corrected chi connectivity index (χ0v) is 11.9. The topological polar surface area (TPSA) is 69.7 Å². The second-order valence-corrected chi connectivity index (χ2v) is 6.49. The van der Waals surface area contributed by atoms with Gasteiger partial charge in [0, 0.05) is 5.92 Å². The lowest BCUT2D eigenvalue weighted by atomic mass is 9.70. The van der Waals surface area contributed by atoms with Crippen LogP contribution in [0.15, 0.2) is 0 Å². The number of carbonyl (C=O) groups excluding carboxylic acids is 3. The van der Waals surface area contributed by atoms with E-state index in [1.54, 1.807) is 0 Å². The highest BCUT2D eigenvalue weighted by molar-refractivity contribution is 6.37. The second kappa shape index (κ2) is 4.57. The Kier molecular flexibility index (Phi) is 3.10. The predicted molar refractivity (Wildman–Crippen MR) is 68.6 cm³/mol. The highest BCUT2D eigenvalue weighted by atomic mass is 16.6. The van der Waals surface area contributed by atoms with Gasteiger partial charge in [-0.3, -0.25) is 9.59 Å². The molecule has 5 nitrogen and oxygen atoms in total. The van der Waals surface area contributed by atoms with Crippen LogP contribution >= 0.6 is 0 Å². The lowest BCUT2D eigenvalue weighted by Crippen LogP contribution is -2.44. The van der Waals surface area contributed by atoms with Crippen LogP contribution in [0.1, 0.15) is 39.5 Å². The molecule has 5 atom stereocenters. The molecule has 0 radical (unpaired) electrons. The third-order valence-corrected chi connectivity index (χ3v) is 5.35. The molecule has 2 bridgehead atoms. The molecule has 5 heteroatoms. The average Bonchev–Trinajstić information content (AvgIpc) is 3.07. The van der Waals surface area contributed by atoms with E-state index in [-0.39, 0.29) is 30.5 Å². The van der Waals surface area contributed by atoms with Crippen molar-refractivity contribution in [1.29, 1.82) is 0 Å². The zero-order chi connectivity index (χ0) is 14.5. The Hall–Kier alpha value is -1.39. The molecule has 20 heavy (non-hydrogen) atoms. The molecular weight excluding hydrogens is 260 g/mol. The molecule has 0 aromatic carbocycles. The van der Waals surface area contributed by atoms with Gasteiger partial charge in [0.1, 0.15) is 12.7 Å². The molecule has 0 N–H and O–H groups in total. The van der Waals surface area contributed by atoms with Crippen molar-refractivity contribution in [2.75, 3.05) is 6.61 Å². The monoisotopic (exact) mass is 280 g/mol. The first-order valence-corrected chi connectivity index (χ1v) is 7.40. The minimum atomic E-state index is -0.718. The number of rotatable bonds is 3. The number of ether oxygens (including phenoxy) is 2. The van der Waals surface area contributed by atoms with E-state index in [2.05, 4.69) is 0 Å². The molecule has 3 rings (SSSR count). The van der Waals surface area contributed by atoms with Gasteiger partial charge in [-0.1, -0.05) is 13.8 Å². The second-order valence-electron chi connectivity index (χ2n) is 6.49. The first kappa shape index (κ1) is 13.6. The quantitative estimate of drug-likeness (QED) is 0.578. The zero-order valence-electron chi connectivity index (χ0n) is 11.9. The number of carbonyl (C=O) groups is 3. The van der Waals surface area contributed by atoms with Gasteiger partial charge in [-0.05, 0) is 31.6 Å². The standard InChI is InChI=1S/C15H20O5/c1-3-8(2)13(17)20-11-5-9-4-10(11)15(6-9)7-19-14(18)12(15)16/h8-11H,3-7H2,1-2H3. The Morgan fingerprint density at radius 3 is 2.75 bits per heavy atom. The van der Waals surface area contributed by atoms with Gasteiger partial charge in [0.15, 0.2) is 0 Å². The molecule has 110 valence electrons. The van der Waals surface area contributed by atoms with Crippen LogP contribution in [0.3, 0.4) is 0 Å². The number of hydrogen-bond acceptors (Lipinski definition) is 5. The number of ketones is 1. The van der Waals surface area contributed by atoms with E-state index in [1.165, 1.54) is 0 Å². The van der Waals surface area contributed by atoms with Gasteiger partial charge in [0.25, 0.3) is 0 Å².